The van der Waals surface area contributed by atoms with Gasteiger partial charge in [-0.3, -0.25) is 0 Å². The van der Waals surface area contributed by atoms with Crippen LogP contribution in [0.4, 0.5) is 0 Å². The van der Waals surface area contributed by atoms with Crippen LogP contribution in [0.5, 0.6) is 0 Å². The molecule has 0 N–H and O–H groups in total. The Labute approximate surface area is 86.6 Å². The van der Waals surface area contributed by atoms with Crippen LogP contribution in [0.15, 0.2) is 0 Å². The van der Waals surface area contributed by atoms with Crippen LogP contribution < -0.4 is 0 Å². The molecule has 82 valence electrons. The van der Waals surface area contributed by atoms with Gasteiger partial charge in [0.05, 0.1) is 6.07 Å². The molecule has 0 rings (SSSR count). The molecule has 0 aromatic heterocycles. The van der Waals surface area contributed by atoms with Crippen LogP contribution in [-0.4, -0.2) is 31.1 Å². The number of nitriles is 1. The molecule has 1 atom stereocenters. The molecule has 14 heavy (non-hydrogen) atoms. The molecule has 0 aromatic rings. The van der Waals surface area contributed by atoms with Crippen LogP contribution in [0.1, 0.15) is 33.6 Å². The number of unbranched alkanes of at least 4 members (excludes halogenated alkanes) is 1. The molecular weight excluding hydrogens is 200 g/mol. The normalized spacial score (nSPS) is 13.9. The van der Waals surface area contributed by atoms with Crippen molar-refractivity contribution in [2.45, 2.75) is 38.9 Å². The van der Waals surface area contributed by atoms with E-state index in [0.717, 1.165) is 12.8 Å². The van der Waals surface area contributed by atoms with Crippen LogP contribution in [0.3, 0.4) is 0 Å². The maximum Gasteiger partial charge on any atom is 0.230 e. The Bertz CT molecular complexity index is 292. The van der Waals surface area contributed by atoms with Gasteiger partial charge in [-0.2, -0.15) is 5.26 Å². The molecule has 0 radical (unpaired) electrons. The zero-order valence-electron chi connectivity index (χ0n) is 9.02. The van der Waals surface area contributed by atoms with Gasteiger partial charge in [-0.1, -0.05) is 20.3 Å². The van der Waals surface area contributed by atoms with E-state index < -0.39 is 15.3 Å². The number of rotatable bonds is 6. The third-order valence-electron chi connectivity index (χ3n) is 2.10. The summed E-state index contributed by atoms with van der Waals surface area (Å²) in [4.78, 5) is 0. The van der Waals surface area contributed by atoms with Crippen molar-refractivity contribution in [2.24, 2.45) is 0 Å². The first kappa shape index (κ1) is 13.4. The Kier molecular flexibility index (Phi) is 5.73. The summed E-state index contributed by atoms with van der Waals surface area (Å²) in [5.74, 6) is 0. The number of hydrogen-bond acceptors (Lipinski definition) is 3. The van der Waals surface area contributed by atoms with Crippen molar-refractivity contribution in [1.29, 1.82) is 5.26 Å². The van der Waals surface area contributed by atoms with E-state index in [0.29, 0.717) is 13.1 Å². The lowest BCUT2D eigenvalue weighted by atomic mass is 10.3. The number of hydrogen-bond donors (Lipinski definition) is 0. The van der Waals surface area contributed by atoms with E-state index in [1.807, 2.05) is 6.92 Å². The van der Waals surface area contributed by atoms with E-state index in [2.05, 4.69) is 0 Å². The predicted octanol–water partition coefficient (Wildman–Crippen LogP) is 1.35. The molecule has 0 amide bonds. The zero-order valence-corrected chi connectivity index (χ0v) is 9.84. The van der Waals surface area contributed by atoms with Gasteiger partial charge in [-0.05, 0) is 13.3 Å². The molecular formula is C9H18N2O2S. The Morgan fingerprint density at radius 1 is 1.43 bits per heavy atom. The Balaban J connectivity index is 4.60. The Morgan fingerprint density at radius 2 is 2.00 bits per heavy atom. The molecule has 0 spiro atoms. The van der Waals surface area contributed by atoms with Gasteiger partial charge >= 0.3 is 0 Å². The van der Waals surface area contributed by atoms with Crippen molar-refractivity contribution in [3.8, 4) is 6.07 Å². The van der Waals surface area contributed by atoms with Crippen molar-refractivity contribution in [1.82, 2.24) is 4.31 Å². The van der Waals surface area contributed by atoms with Crippen LogP contribution in [0, 0.1) is 11.3 Å². The van der Waals surface area contributed by atoms with Crippen LogP contribution in [0.2, 0.25) is 0 Å². The minimum absolute atomic E-state index is 0.439. The van der Waals surface area contributed by atoms with Gasteiger partial charge in [0.1, 0.15) is 0 Å². The number of sulfonamides is 1. The monoisotopic (exact) mass is 218 g/mol. The molecule has 5 heteroatoms. The molecule has 0 fully saturated rings. The molecule has 0 saturated heterocycles. The van der Waals surface area contributed by atoms with E-state index in [9.17, 15) is 8.42 Å². The predicted molar refractivity (Wildman–Crippen MR) is 56.1 cm³/mol. The maximum atomic E-state index is 11.7. The van der Waals surface area contributed by atoms with E-state index in [1.54, 1.807) is 13.0 Å². The molecule has 0 aliphatic heterocycles. The van der Waals surface area contributed by atoms with Gasteiger partial charge in [-0.25, -0.2) is 12.7 Å². The average molecular weight is 218 g/mol. The van der Waals surface area contributed by atoms with Crippen molar-refractivity contribution in [3.63, 3.8) is 0 Å². The van der Waals surface area contributed by atoms with E-state index in [-0.39, 0.29) is 0 Å². The molecule has 0 aromatic carbocycles. The highest BCUT2D eigenvalue weighted by molar-refractivity contribution is 7.89. The summed E-state index contributed by atoms with van der Waals surface area (Å²) < 4.78 is 24.8. The quantitative estimate of drug-likeness (QED) is 0.676. The number of nitrogens with zero attached hydrogens (tertiary/aromatic N) is 2. The lowest BCUT2D eigenvalue weighted by molar-refractivity contribution is 0.416. The molecule has 0 aliphatic rings. The lowest BCUT2D eigenvalue weighted by Gasteiger charge is -2.21. The molecule has 0 heterocycles. The Hall–Kier alpha value is -0.600. The first-order chi connectivity index (χ1) is 6.50. The largest absolute Gasteiger partial charge is 0.230 e. The molecule has 0 saturated carbocycles. The summed E-state index contributed by atoms with van der Waals surface area (Å²) in [7, 11) is -3.40. The topological polar surface area (TPSA) is 61.2 Å². The lowest BCUT2D eigenvalue weighted by Crippen LogP contribution is -2.37. The van der Waals surface area contributed by atoms with Crippen molar-refractivity contribution >= 4 is 10.0 Å². The minimum atomic E-state index is -3.40. The van der Waals surface area contributed by atoms with Gasteiger partial charge in [0, 0.05) is 13.1 Å². The van der Waals surface area contributed by atoms with Gasteiger partial charge in [-0.15, -0.1) is 0 Å². The molecule has 4 nitrogen and oxygen atoms in total. The molecule has 0 bridgehead atoms. The summed E-state index contributed by atoms with van der Waals surface area (Å²) in [5, 5.41) is 7.64. The first-order valence-corrected chi connectivity index (χ1v) is 6.39. The highest BCUT2D eigenvalue weighted by Crippen LogP contribution is 2.09. The summed E-state index contributed by atoms with van der Waals surface area (Å²) in [6.45, 7) is 6.17. The van der Waals surface area contributed by atoms with E-state index >= 15 is 0 Å². The zero-order chi connectivity index (χ0) is 11.2. The van der Waals surface area contributed by atoms with Gasteiger partial charge in [0.2, 0.25) is 10.0 Å². The first-order valence-electron chi connectivity index (χ1n) is 4.89. The SMILES string of the molecule is CCCCN(CC)S(=O)(=O)C(C)C#N. The summed E-state index contributed by atoms with van der Waals surface area (Å²) in [5.41, 5.74) is 0. The van der Waals surface area contributed by atoms with Crippen LogP contribution >= 0.6 is 0 Å². The summed E-state index contributed by atoms with van der Waals surface area (Å²) >= 11 is 0. The van der Waals surface area contributed by atoms with Crippen molar-refractivity contribution in [3.05, 3.63) is 0 Å². The fourth-order valence-corrected chi connectivity index (χ4v) is 2.41. The van der Waals surface area contributed by atoms with Crippen molar-refractivity contribution < 1.29 is 8.42 Å². The van der Waals surface area contributed by atoms with Crippen LogP contribution in [-0.2, 0) is 10.0 Å². The third-order valence-corrected chi connectivity index (χ3v) is 4.26. The van der Waals surface area contributed by atoms with Gasteiger partial charge < -0.3 is 0 Å². The standard InChI is InChI=1S/C9H18N2O2S/c1-4-6-7-11(5-2)14(12,13)9(3)8-10/h9H,4-7H2,1-3H3. The van der Waals surface area contributed by atoms with Crippen molar-refractivity contribution in [2.75, 3.05) is 13.1 Å². The van der Waals surface area contributed by atoms with Crippen LogP contribution in [0.25, 0.3) is 0 Å². The second-order valence-electron chi connectivity index (χ2n) is 3.16. The molecule has 1 unspecified atom stereocenters. The Morgan fingerprint density at radius 3 is 2.36 bits per heavy atom. The fourth-order valence-electron chi connectivity index (χ4n) is 1.09. The second kappa shape index (κ2) is 5.99. The molecule has 0 aliphatic carbocycles. The van der Waals surface area contributed by atoms with Gasteiger partial charge in [0.25, 0.3) is 0 Å². The van der Waals surface area contributed by atoms with Gasteiger partial charge in [0.15, 0.2) is 5.25 Å². The van der Waals surface area contributed by atoms with E-state index in [4.69, 9.17) is 5.26 Å². The maximum absolute atomic E-state index is 11.7. The minimum Gasteiger partial charge on any atom is -0.211 e. The third kappa shape index (κ3) is 3.28. The smallest absolute Gasteiger partial charge is 0.211 e. The average Bonchev–Trinajstić information content (AvgIpc) is 2.17. The highest BCUT2D eigenvalue weighted by Gasteiger charge is 2.26. The summed E-state index contributed by atoms with van der Waals surface area (Å²) in [6, 6.07) is 1.77. The highest BCUT2D eigenvalue weighted by atomic mass is 32.2. The van der Waals surface area contributed by atoms with E-state index in [1.165, 1.54) is 11.2 Å². The summed E-state index contributed by atoms with van der Waals surface area (Å²) in [6.07, 6.45) is 1.79. The fraction of sp³-hybridized carbons (Fsp3) is 0.889. The second-order valence-corrected chi connectivity index (χ2v) is 5.41.